The minimum absolute atomic E-state index is 0.620. The van der Waals surface area contributed by atoms with Crippen molar-refractivity contribution in [3.8, 4) is 0 Å². The molecule has 0 amide bonds. The molecule has 0 aromatic carbocycles. The summed E-state index contributed by atoms with van der Waals surface area (Å²) in [6.45, 7) is 0. The minimum Gasteiger partial charge on any atom is -0.399 e. The van der Waals surface area contributed by atoms with Crippen LogP contribution in [0.15, 0.2) is 0 Å². The van der Waals surface area contributed by atoms with Crippen molar-refractivity contribution in [2.75, 3.05) is 18.3 Å². The van der Waals surface area contributed by atoms with Gasteiger partial charge in [-0.3, -0.25) is 0 Å². The Balaban J connectivity index is 3.82. The summed E-state index contributed by atoms with van der Waals surface area (Å²) < 4.78 is 11.4. The van der Waals surface area contributed by atoms with Crippen molar-refractivity contribution < 1.29 is 8.85 Å². The number of hydrogen-bond acceptors (Lipinski definition) is 2. The van der Waals surface area contributed by atoms with Crippen LogP contribution >= 0.6 is 33.7 Å². The lowest BCUT2D eigenvalue weighted by Crippen LogP contribution is -2.47. The van der Waals surface area contributed by atoms with E-state index in [2.05, 4.69) is 22.6 Å². The molecule has 0 radical (unpaired) electrons. The molecule has 0 aliphatic carbocycles. The van der Waals surface area contributed by atoms with E-state index in [4.69, 9.17) is 19.9 Å². The second-order valence-corrected chi connectivity index (χ2v) is 13.5. The van der Waals surface area contributed by atoms with E-state index in [0.717, 1.165) is 4.05 Å². The smallest absolute Gasteiger partial charge is 0.336 e. The Labute approximate surface area is 77.0 Å². The Morgan fingerprint density at radius 2 is 2.00 bits per heavy atom. The molecule has 0 aromatic heterocycles. The molecular formula is C3H10ClIO2Si2. The molecule has 0 fully saturated rings. The molecule has 0 N–H and O–H groups in total. The van der Waals surface area contributed by atoms with Crippen molar-refractivity contribution in [3.05, 3.63) is 0 Å². The van der Waals surface area contributed by atoms with Crippen molar-refractivity contribution in [1.29, 1.82) is 0 Å². The first-order chi connectivity index (χ1) is 4.24. The predicted octanol–water partition coefficient (Wildman–Crippen LogP) is 0.515. The molecular weight excluding hydrogens is 287 g/mol. The Hall–Kier alpha value is 1.37. The van der Waals surface area contributed by atoms with Crippen LogP contribution in [0, 0.1) is 0 Å². The maximum atomic E-state index is 5.77. The van der Waals surface area contributed by atoms with E-state index in [1.807, 2.05) is 0 Å². The quantitative estimate of drug-likeness (QED) is 0.326. The Morgan fingerprint density at radius 1 is 1.56 bits per heavy atom. The van der Waals surface area contributed by atoms with Crippen molar-refractivity contribution in [1.82, 2.24) is 0 Å². The summed E-state index contributed by atoms with van der Waals surface area (Å²) in [6.07, 6.45) is 0. The van der Waals surface area contributed by atoms with Gasteiger partial charge in [-0.05, 0) is 0 Å². The lowest BCUT2D eigenvalue weighted by molar-refractivity contribution is 0.273. The standard InChI is InChI=1S/C3H10ClIO2Si2/c1-6-9(3-5,7-2)8-4/h3,8H2,1-2H3. The van der Waals surface area contributed by atoms with Crippen LogP contribution in [0.25, 0.3) is 0 Å². The summed E-state index contributed by atoms with van der Waals surface area (Å²) in [5, 5.41) is 0. The SMILES string of the molecule is CO[Si](CI)(OC)[SiH2]Cl. The Kier molecular flexibility index (Phi) is 5.86. The van der Waals surface area contributed by atoms with Crippen LogP contribution in [-0.4, -0.2) is 34.7 Å². The molecule has 0 saturated heterocycles. The van der Waals surface area contributed by atoms with Gasteiger partial charge < -0.3 is 8.85 Å². The molecule has 0 bridgehead atoms. The molecule has 0 rings (SSSR count). The van der Waals surface area contributed by atoms with E-state index < -0.39 is 16.4 Å². The van der Waals surface area contributed by atoms with E-state index >= 15 is 0 Å². The fraction of sp³-hybridized carbons (Fsp3) is 1.00. The summed E-state index contributed by atoms with van der Waals surface area (Å²) >= 11 is 8.03. The average Bonchev–Trinajstić information content (AvgIpc) is 1.95. The van der Waals surface area contributed by atoms with Gasteiger partial charge in [-0.25, -0.2) is 0 Å². The summed E-state index contributed by atoms with van der Waals surface area (Å²) in [5.41, 5.74) is 0. The van der Waals surface area contributed by atoms with Gasteiger partial charge in [0.1, 0.15) is 0 Å². The van der Waals surface area contributed by atoms with Gasteiger partial charge >= 0.3 is 8.08 Å². The highest BCUT2D eigenvalue weighted by Gasteiger charge is 2.33. The first-order valence-electron chi connectivity index (χ1n) is 2.47. The van der Waals surface area contributed by atoms with Gasteiger partial charge in [-0.2, -0.15) is 11.1 Å². The lowest BCUT2D eigenvalue weighted by Gasteiger charge is -2.21. The lowest BCUT2D eigenvalue weighted by atomic mass is 11.8. The molecule has 0 spiro atoms. The summed E-state index contributed by atoms with van der Waals surface area (Å²) in [6, 6.07) is 0. The fourth-order valence-corrected chi connectivity index (χ4v) is 11.9. The molecule has 0 atom stereocenters. The number of hydrogen-bond donors (Lipinski definition) is 0. The summed E-state index contributed by atoms with van der Waals surface area (Å²) in [4.78, 5) is 0. The van der Waals surface area contributed by atoms with Gasteiger partial charge in [0.15, 0.2) is 8.35 Å². The molecule has 6 heteroatoms. The molecule has 0 saturated carbocycles. The highest BCUT2D eigenvalue weighted by atomic mass is 127. The minimum atomic E-state index is -1.80. The second kappa shape index (κ2) is 5.08. The zero-order valence-corrected chi connectivity index (χ0v) is 10.8. The normalized spacial score (nSPS) is 13.3. The van der Waals surface area contributed by atoms with E-state index in [1.165, 1.54) is 0 Å². The van der Waals surface area contributed by atoms with Crippen LogP contribution in [0.2, 0.25) is 0 Å². The highest BCUT2D eigenvalue weighted by molar-refractivity contribution is 14.1. The van der Waals surface area contributed by atoms with Gasteiger partial charge in [0.05, 0.1) is 0 Å². The third-order valence-corrected chi connectivity index (χ3v) is 17.4. The molecule has 0 aromatic rings. The zero-order valence-electron chi connectivity index (χ0n) is 5.49. The fourth-order valence-electron chi connectivity index (χ4n) is 0.337. The zero-order chi connectivity index (χ0) is 7.33. The largest absolute Gasteiger partial charge is 0.399 e. The van der Waals surface area contributed by atoms with Crippen molar-refractivity contribution in [3.63, 3.8) is 0 Å². The summed E-state index contributed by atoms with van der Waals surface area (Å²) in [5.74, 6) is 0. The maximum Gasteiger partial charge on any atom is 0.336 e. The molecule has 0 aliphatic rings. The van der Waals surface area contributed by atoms with Gasteiger partial charge in [0.25, 0.3) is 0 Å². The van der Waals surface area contributed by atoms with Gasteiger partial charge in [0, 0.05) is 18.3 Å². The molecule has 56 valence electrons. The molecule has 9 heavy (non-hydrogen) atoms. The topological polar surface area (TPSA) is 18.5 Å². The van der Waals surface area contributed by atoms with Crippen LogP contribution in [-0.2, 0) is 8.85 Å². The third kappa shape index (κ3) is 2.85. The van der Waals surface area contributed by atoms with E-state index in [1.54, 1.807) is 14.2 Å². The van der Waals surface area contributed by atoms with Crippen LogP contribution in [0.4, 0.5) is 0 Å². The van der Waals surface area contributed by atoms with Crippen LogP contribution in [0.1, 0.15) is 0 Å². The highest BCUT2D eigenvalue weighted by Crippen LogP contribution is 2.08. The van der Waals surface area contributed by atoms with Gasteiger partial charge in [0.2, 0.25) is 0 Å². The first kappa shape index (κ1) is 10.4. The van der Waals surface area contributed by atoms with Crippen LogP contribution < -0.4 is 0 Å². The van der Waals surface area contributed by atoms with Crippen LogP contribution in [0.5, 0.6) is 0 Å². The molecule has 0 aliphatic heterocycles. The Morgan fingerprint density at radius 3 is 2.00 bits per heavy atom. The average molecular weight is 297 g/mol. The van der Waals surface area contributed by atoms with Gasteiger partial charge in [-0.1, -0.05) is 22.6 Å². The second-order valence-electron chi connectivity index (χ2n) is 1.59. The molecule has 2 nitrogen and oxygen atoms in total. The summed E-state index contributed by atoms with van der Waals surface area (Å²) in [7, 11) is 0.948. The van der Waals surface area contributed by atoms with E-state index in [-0.39, 0.29) is 0 Å². The van der Waals surface area contributed by atoms with Crippen molar-refractivity contribution in [2.24, 2.45) is 0 Å². The van der Waals surface area contributed by atoms with Crippen molar-refractivity contribution >= 4 is 50.1 Å². The van der Waals surface area contributed by atoms with E-state index in [0.29, 0.717) is 0 Å². The van der Waals surface area contributed by atoms with Crippen LogP contribution in [0.3, 0.4) is 0 Å². The van der Waals surface area contributed by atoms with Gasteiger partial charge in [-0.15, -0.1) is 0 Å². The maximum absolute atomic E-state index is 5.77. The number of alkyl halides is 1. The van der Waals surface area contributed by atoms with Crippen molar-refractivity contribution in [2.45, 2.75) is 0 Å². The molecule has 0 heterocycles. The number of rotatable bonds is 4. The molecule has 0 unspecified atom stereocenters. The third-order valence-electron chi connectivity index (χ3n) is 1.15. The van der Waals surface area contributed by atoms with E-state index in [9.17, 15) is 0 Å². The predicted molar refractivity (Wildman–Crippen MR) is 53.1 cm³/mol. The Bertz CT molecular complexity index is 62.7. The number of halogens is 2. The monoisotopic (exact) mass is 296 g/mol. The first-order valence-corrected chi connectivity index (χ1v) is 10.5.